The number of ether oxygens (including phenoxy) is 1. The maximum absolute atomic E-state index is 10.7. The van der Waals surface area contributed by atoms with Gasteiger partial charge in [0.2, 0.25) is 0 Å². The molecule has 1 aliphatic heterocycles. The average Bonchev–Trinajstić information content (AvgIpc) is 2.52. The van der Waals surface area contributed by atoms with Gasteiger partial charge in [-0.05, 0) is 25.7 Å². The molecule has 1 saturated carbocycles. The summed E-state index contributed by atoms with van der Waals surface area (Å²) in [7, 11) is 0. The van der Waals surface area contributed by atoms with Gasteiger partial charge in [-0.25, -0.2) is 0 Å². The molecule has 2 fully saturated rings. The Labute approximate surface area is 60.6 Å². The van der Waals surface area contributed by atoms with Gasteiger partial charge in [-0.2, -0.15) is 0 Å². The van der Waals surface area contributed by atoms with E-state index in [4.69, 9.17) is 4.74 Å². The number of carbonyl (C=O) groups is 1. The molecule has 0 spiro atoms. The quantitative estimate of drug-likeness (QED) is 0.538. The number of Topliss-reactive ketones (excluding diaryl/α,β-unsaturated/α-hetero) is 1. The average molecular weight is 140 g/mol. The molecular weight excluding hydrogens is 128 g/mol. The molecule has 1 heterocycles. The second kappa shape index (κ2) is 2.06. The van der Waals surface area contributed by atoms with E-state index < -0.39 is 0 Å². The third kappa shape index (κ3) is 0.966. The Balaban J connectivity index is 1.88. The van der Waals surface area contributed by atoms with Crippen molar-refractivity contribution in [3.8, 4) is 0 Å². The van der Waals surface area contributed by atoms with Gasteiger partial charge in [-0.3, -0.25) is 0 Å². The van der Waals surface area contributed by atoms with Crippen LogP contribution in [0.15, 0.2) is 0 Å². The van der Waals surface area contributed by atoms with Gasteiger partial charge in [0.15, 0.2) is 0 Å². The van der Waals surface area contributed by atoms with E-state index in [2.05, 4.69) is 0 Å². The van der Waals surface area contributed by atoms with Crippen LogP contribution >= 0.6 is 0 Å². The van der Waals surface area contributed by atoms with Crippen molar-refractivity contribution in [3.63, 3.8) is 0 Å². The molecule has 56 valence electrons. The molecule has 0 N–H and O–H groups in total. The summed E-state index contributed by atoms with van der Waals surface area (Å²) in [4.78, 5) is 10.7. The van der Waals surface area contributed by atoms with Crippen LogP contribution in [-0.4, -0.2) is 18.0 Å². The Hall–Kier alpha value is -0.370. The van der Waals surface area contributed by atoms with Crippen molar-refractivity contribution in [2.75, 3.05) is 0 Å². The second-order valence-electron chi connectivity index (χ2n) is 3.38. The van der Waals surface area contributed by atoms with Crippen molar-refractivity contribution in [2.45, 2.75) is 38.4 Å². The number of carbonyl (C=O) groups excluding carboxylic acids is 1. The summed E-state index contributed by atoms with van der Waals surface area (Å²) in [6.45, 7) is 1.66. The van der Waals surface area contributed by atoms with Crippen molar-refractivity contribution in [3.05, 3.63) is 0 Å². The monoisotopic (exact) mass is 140 g/mol. The first-order chi connectivity index (χ1) is 4.77. The van der Waals surface area contributed by atoms with Crippen molar-refractivity contribution >= 4 is 5.78 Å². The highest BCUT2D eigenvalue weighted by Crippen LogP contribution is 2.44. The molecule has 10 heavy (non-hydrogen) atoms. The van der Waals surface area contributed by atoms with Gasteiger partial charge in [0.1, 0.15) is 5.78 Å². The molecule has 0 radical (unpaired) electrons. The first-order valence-corrected chi connectivity index (χ1v) is 3.92. The largest absolute Gasteiger partial charge is 0.369 e. The maximum Gasteiger partial charge on any atom is 0.130 e. The lowest BCUT2D eigenvalue weighted by Gasteiger charge is -2.05. The Bertz CT molecular complexity index is 165. The van der Waals surface area contributed by atoms with Gasteiger partial charge in [-0.1, -0.05) is 0 Å². The summed E-state index contributed by atoms with van der Waals surface area (Å²) >= 11 is 0. The summed E-state index contributed by atoms with van der Waals surface area (Å²) in [5.74, 6) is 0.864. The van der Waals surface area contributed by atoms with Crippen molar-refractivity contribution in [1.82, 2.24) is 0 Å². The zero-order valence-corrected chi connectivity index (χ0v) is 6.17. The summed E-state index contributed by atoms with van der Waals surface area (Å²) in [5, 5.41) is 0. The van der Waals surface area contributed by atoms with E-state index in [1.165, 1.54) is 12.8 Å². The van der Waals surface area contributed by atoms with Gasteiger partial charge in [0, 0.05) is 6.42 Å². The molecule has 0 aromatic heterocycles. The second-order valence-corrected chi connectivity index (χ2v) is 3.38. The van der Waals surface area contributed by atoms with Crippen molar-refractivity contribution in [2.24, 2.45) is 5.92 Å². The number of fused-ring (bicyclic) bond motifs is 1. The molecule has 0 amide bonds. The maximum atomic E-state index is 10.7. The highest BCUT2D eigenvalue weighted by Gasteiger charge is 2.49. The van der Waals surface area contributed by atoms with Crippen LogP contribution in [0.4, 0.5) is 0 Å². The SMILES string of the molecule is CC(=O)C[C@@H]1CC[C@@H]2O[C@H]12. The van der Waals surface area contributed by atoms with E-state index in [0.29, 0.717) is 23.9 Å². The van der Waals surface area contributed by atoms with E-state index >= 15 is 0 Å². The fourth-order valence-corrected chi connectivity index (χ4v) is 1.93. The smallest absolute Gasteiger partial charge is 0.130 e. The van der Waals surface area contributed by atoms with Crippen LogP contribution < -0.4 is 0 Å². The standard InChI is InChI=1S/C8H12O2/c1-5(9)4-6-2-3-7-8(6)10-7/h6-8H,2-4H2,1H3/t6-,7-,8+/m0/s1. The molecule has 1 saturated heterocycles. The lowest BCUT2D eigenvalue weighted by molar-refractivity contribution is -0.118. The Kier molecular flexibility index (Phi) is 1.31. The minimum Gasteiger partial charge on any atom is -0.369 e. The summed E-state index contributed by atoms with van der Waals surface area (Å²) in [5.41, 5.74) is 0. The third-order valence-electron chi connectivity index (χ3n) is 2.46. The molecule has 2 heteroatoms. The minimum absolute atomic E-state index is 0.307. The first kappa shape index (κ1) is 6.35. The molecular formula is C8H12O2. The van der Waals surface area contributed by atoms with E-state index in [1.54, 1.807) is 6.92 Å². The van der Waals surface area contributed by atoms with Crippen molar-refractivity contribution in [1.29, 1.82) is 0 Å². The van der Waals surface area contributed by atoms with Crippen LogP contribution in [0.5, 0.6) is 0 Å². The topological polar surface area (TPSA) is 29.6 Å². The normalized spacial score (nSPS) is 43.1. The molecule has 2 aliphatic rings. The van der Waals surface area contributed by atoms with Crippen LogP contribution in [0.3, 0.4) is 0 Å². The van der Waals surface area contributed by atoms with Crippen molar-refractivity contribution < 1.29 is 9.53 Å². The fourth-order valence-electron chi connectivity index (χ4n) is 1.93. The van der Waals surface area contributed by atoms with E-state index in [9.17, 15) is 4.79 Å². The minimum atomic E-state index is 0.307. The highest BCUT2D eigenvalue weighted by atomic mass is 16.6. The lowest BCUT2D eigenvalue weighted by atomic mass is 10.0. The van der Waals surface area contributed by atoms with Gasteiger partial charge in [0.25, 0.3) is 0 Å². The molecule has 1 aliphatic carbocycles. The van der Waals surface area contributed by atoms with Gasteiger partial charge >= 0.3 is 0 Å². The zero-order valence-electron chi connectivity index (χ0n) is 6.17. The zero-order chi connectivity index (χ0) is 7.14. The van der Waals surface area contributed by atoms with Crippen LogP contribution in [0, 0.1) is 5.92 Å². The van der Waals surface area contributed by atoms with Gasteiger partial charge < -0.3 is 9.53 Å². The number of rotatable bonds is 2. The third-order valence-corrected chi connectivity index (χ3v) is 2.46. The van der Waals surface area contributed by atoms with Crippen LogP contribution in [0.25, 0.3) is 0 Å². The molecule has 2 nitrogen and oxygen atoms in total. The Morgan fingerprint density at radius 2 is 2.40 bits per heavy atom. The number of hydrogen-bond donors (Lipinski definition) is 0. The van der Waals surface area contributed by atoms with E-state index in [-0.39, 0.29) is 0 Å². The molecule has 0 aromatic carbocycles. The fraction of sp³-hybridized carbons (Fsp3) is 0.875. The number of epoxide rings is 1. The van der Waals surface area contributed by atoms with Crippen LogP contribution in [0.1, 0.15) is 26.2 Å². The highest BCUT2D eigenvalue weighted by molar-refractivity contribution is 5.75. The predicted molar refractivity (Wildman–Crippen MR) is 36.7 cm³/mol. The van der Waals surface area contributed by atoms with Gasteiger partial charge in [0.05, 0.1) is 12.2 Å². The molecule has 0 aromatic rings. The predicted octanol–water partition coefficient (Wildman–Crippen LogP) is 1.14. The van der Waals surface area contributed by atoms with Gasteiger partial charge in [-0.15, -0.1) is 0 Å². The molecule has 0 unspecified atom stereocenters. The summed E-state index contributed by atoms with van der Waals surface area (Å²) < 4.78 is 5.31. The van der Waals surface area contributed by atoms with Crippen LogP contribution in [-0.2, 0) is 9.53 Å². The molecule has 3 atom stereocenters. The van der Waals surface area contributed by atoms with Crippen LogP contribution in [0.2, 0.25) is 0 Å². The Morgan fingerprint density at radius 3 is 2.80 bits per heavy atom. The summed E-state index contributed by atoms with van der Waals surface area (Å²) in [6.07, 6.45) is 4.12. The summed E-state index contributed by atoms with van der Waals surface area (Å²) in [6, 6.07) is 0. The first-order valence-electron chi connectivity index (χ1n) is 3.92. The number of ketones is 1. The lowest BCUT2D eigenvalue weighted by Crippen LogP contribution is -2.08. The van der Waals surface area contributed by atoms with E-state index in [0.717, 1.165) is 6.42 Å². The van der Waals surface area contributed by atoms with E-state index in [1.807, 2.05) is 0 Å². The molecule has 0 bridgehead atoms. The Morgan fingerprint density at radius 1 is 1.60 bits per heavy atom. The molecule has 2 rings (SSSR count). The number of hydrogen-bond acceptors (Lipinski definition) is 2.